The topological polar surface area (TPSA) is 63.2 Å². The Hall–Kier alpha value is -3.48. The number of hydrogen-bond acceptors (Lipinski definition) is 4. The van der Waals surface area contributed by atoms with Gasteiger partial charge in [-0.2, -0.15) is 0 Å². The van der Waals surface area contributed by atoms with Gasteiger partial charge in [0.05, 0.1) is 5.92 Å². The van der Waals surface area contributed by atoms with Crippen molar-refractivity contribution in [3.63, 3.8) is 0 Å². The van der Waals surface area contributed by atoms with Gasteiger partial charge in [0.15, 0.2) is 0 Å². The molecule has 4 aromatic carbocycles. The summed E-state index contributed by atoms with van der Waals surface area (Å²) in [5.41, 5.74) is 1.74. The van der Waals surface area contributed by atoms with E-state index in [0.717, 1.165) is 43.3 Å². The third-order valence-corrected chi connectivity index (χ3v) is 8.61. The van der Waals surface area contributed by atoms with Crippen molar-refractivity contribution in [2.24, 2.45) is 0 Å². The van der Waals surface area contributed by atoms with Gasteiger partial charge in [-0.05, 0) is 45.8 Å². The summed E-state index contributed by atoms with van der Waals surface area (Å²) >= 11 is 1.16. The zero-order valence-electron chi connectivity index (χ0n) is 17.6. The molecule has 1 heterocycles. The zero-order chi connectivity index (χ0) is 22.8. The molecule has 0 fully saturated rings. The number of hydrogen-bond donors (Lipinski definition) is 1. The maximum atomic E-state index is 13.4. The van der Waals surface area contributed by atoms with Crippen molar-refractivity contribution >= 4 is 48.1 Å². The normalized spacial score (nSPS) is 12.6. The average Bonchev–Trinajstić information content (AvgIpc) is 3.28. The average molecular weight is 472 g/mol. The second-order valence-corrected chi connectivity index (χ2v) is 10.9. The van der Waals surface area contributed by atoms with Gasteiger partial charge in [-0.1, -0.05) is 91.0 Å². The molecule has 0 saturated carbocycles. The first-order chi connectivity index (χ1) is 16.0. The number of amides is 1. The van der Waals surface area contributed by atoms with E-state index in [4.69, 9.17) is 0 Å². The molecule has 0 aliphatic rings. The molecule has 0 spiro atoms. The van der Waals surface area contributed by atoms with Crippen molar-refractivity contribution in [3.05, 3.63) is 114 Å². The predicted octanol–water partition coefficient (Wildman–Crippen LogP) is 5.89. The maximum Gasteiger partial charge on any atom is 0.273 e. The minimum absolute atomic E-state index is 0.133. The Morgan fingerprint density at radius 2 is 1.42 bits per heavy atom. The standard InChI is InChI=1S/C27H21NO3S2/c29-27(28-33(30,31)26-18-23-12-6-7-13-25(23)32-26)24(16-19-8-2-1-3-9-19)22-15-14-20-10-4-5-11-21(20)17-22/h1-15,17-18,24H,16H2,(H,28,29). The molecule has 4 nitrogen and oxygen atoms in total. The van der Waals surface area contributed by atoms with Gasteiger partial charge >= 0.3 is 0 Å². The van der Waals surface area contributed by atoms with Gasteiger partial charge in [-0.15, -0.1) is 11.3 Å². The Balaban J connectivity index is 1.50. The largest absolute Gasteiger partial charge is 0.273 e. The molecule has 0 bridgehead atoms. The van der Waals surface area contributed by atoms with Crippen LogP contribution in [0, 0.1) is 0 Å². The van der Waals surface area contributed by atoms with Crippen LogP contribution in [0.3, 0.4) is 0 Å². The lowest BCUT2D eigenvalue weighted by Gasteiger charge is -2.18. The molecule has 33 heavy (non-hydrogen) atoms. The Bertz CT molecular complexity index is 1520. The zero-order valence-corrected chi connectivity index (χ0v) is 19.3. The summed E-state index contributed by atoms with van der Waals surface area (Å²) in [6.45, 7) is 0. The first-order valence-corrected chi connectivity index (χ1v) is 12.9. The van der Waals surface area contributed by atoms with Gasteiger partial charge < -0.3 is 0 Å². The van der Waals surface area contributed by atoms with Gasteiger partial charge in [0.1, 0.15) is 4.21 Å². The first-order valence-electron chi connectivity index (χ1n) is 10.6. The highest BCUT2D eigenvalue weighted by atomic mass is 32.2. The molecule has 1 aromatic heterocycles. The van der Waals surface area contributed by atoms with E-state index >= 15 is 0 Å². The summed E-state index contributed by atoms with van der Waals surface area (Å²) in [4.78, 5) is 13.4. The van der Waals surface area contributed by atoms with Crippen LogP contribution in [0.15, 0.2) is 107 Å². The second kappa shape index (κ2) is 8.81. The summed E-state index contributed by atoms with van der Waals surface area (Å²) in [5, 5.41) is 2.91. The summed E-state index contributed by atoms with van der Waals surface area (Å²) < 4.78 is 29.5. The highest BCUT2D eigenvalue weighted by Gasteiger charge is 2.27. The van der Waals surface area contributed by atoms with Gasteiger partial charge in [-0.25, -0.2) is 13.1 Å². The van der Waals surface area contributed by atoms with E-state index in [9.17, 15) is 13.2 Å². The lowest BCUT2D eigenvalue weighted by atomic mass is 9.90. The van der Waals surface area contributed by atoms with Gasteiger partial charge in [-0.3, -0.25) is 4.79 Å². The van der Waals surface area contributed by atoms with Gasteiger partial charge in [0, 0.05) is 4.70 Å². The van der Waals surface area contributed by atoms with Gasteiger partial charge in [0.2, 0.25) is 5.91 Å². The van der Waals surface area contributed by atoms with Crippen molar-refractivity contribution in [2.45, 2.75) is 16.5 Å². The van der Waals surface area contributed by atoms with Crippen LogP contribution in [0.4, 0.5) is 0 Å². The number of nitrogens with one attached hydrogen (secondary N) is 1. The smallest absolute Gasteiger partial charge is 0.273 e. The molecule has 0 saturated heterocycles. The number of carbonyl (C=O) groups is 1. The van der Waals surface area contributed by atoms with Crippen molar-refractivity contribution in [2.75, 3.05) is 0 Å². The van der Waals surface area contributed by atoms with Crippen LogP contribution in [-0.4, -0.2) is 14.3 Å². The van der Waals surface area contributed by atoms with Gasteiger partial charge in [0.25, 0.3) is 10.0 Å². The molecule has 164 valence electrons. The van der Waals surface area contributed by atoms with Crippen LogP contribution >= 0.6 is 11.3 Å². The summed E-state index contributed by atoms with van der Waals surface area (Å²) in [6.07, 6.45) is 0.396. The van der Waals surface area contributed by atoms with E-state index < -0.39 is 21.8 Å². The number of fused-ring (bicyclic) bond motifs is 2. The minimum Gasteiger partial charge on any atom is -0.273 e. The molecule has 0 aliphatic carbocycles. The Morgan fingerprint density at radius 1 is 0.758 bits per heavy atom. The van der Waals surface area contributed by atoms with E-state index in [2.05, 4.69) is 4.72 Å². The highest BCUT2D eigenvalue weighted by Crippen LogP contribution is 2.30. The van der Waals surface area contributed by atoms with Crippen LogP contribution in [0.2, 0.25) is 0 Å². The molecule has 1 N–H and O–H groups in total. The van der Waals surface area contributed by atoms with Crippen molar-refractivity contribution < 1.29 is 13.2 Å². The third-order valence-electron chi connectivity index (χ3n) is 5.68. The predicted molar refractivity (Wildman–Crippen MR) is 134 cm³/mol. The Labute approximate surface area is 196 Å². The molecule has 1 atom stereocenters. The summed E-state index contributed by atoms with van der Waals surface area (Å²) in [5.74, 6) is -1.19. The van der Waals surface area contributed by atoms with Crippen LogP contribution in [-0.2, 0) is 21.2 Å². The fourth-order valence-corrected chi connectivity index (χ4v) is 6.40. The molecule has 5 rings (SSSR count). The highest BCUT2D eigenvalue weighted by molar-refractivity contribution is 7.92. The number of rotatable bonds is 6. The number of carbonyl (C=O) groups excluding carboxylic acids is 1. The first kappa shape index (κ1) is 21.4. The van der Waals surface area contributed by atoms with Crippen molar-refractivity contribution in [3.8, 4) is 0 Å². The summed E-state index contributed by atoms with van der Waals surface area (Å²) in [7, 11) is -3.99. The molecule has 0 aliphatic heterocycles. The molecule has 1 amide bonds. The van der Waals surface area contributed by atoms with Crippen LogP contribution in [0.25, 0.3) is 20.9 Å². The number of benzene rings is 4. The molecular formula is C27H21NO3S2. The summed E-state index contributed by atoms with van der Waals surface area (Å²) in [6, 6.07) is 32.5. The van der Waals surface area contributed by atoms with Crippen LogP contribution in [0.5, 0.6) is 0 Å². The van der Waals surface area contributed by atoms with E-state index in [1.54, 1.807) is 6.07 Å². The van der Waals surface area contributed by atoms with E-state index in [-0.39, 0.29) is 4.21 Å². The Kier molecular flexibility index (Phi) is 5.70. The number of sulfonamides is 1. The SMILES string of the molecule is O=C(NS(=O)(=O)c1cc2ccccc2s1)C(Cc1ccccc1)c1ccc2ccccc2c1. The lowest BCUT2D eigenvalue weighted by molar-refractivity contribution is -0.120. The fourth-order valence-electron chi connectivity index (χ4n) is 3.98. The molecule has 1 unspecified atom stereocenters. The third kappa shape index (κ3) is 4.53. The van der Waals surface area contributed by atoms with Crippen molar-refractivity contribution in [1.82, 2.24) is 4.72 Å². The minimum atomic E-state index is -3.99. The van der Waals surface area contributed by atoms with Crippen LogP contribution in [0.1, 0.15) is 17.0 Å². The molecule has 6 heteroatoms. The lowest BCUT2D eigenvalue weighted by Crippen LogP contribution is -2.35. The molecule has 0 radical (unpaired) electrons. The van der Waals surface area contributed by atoms with E-state index in [1.807, 2.05) is 97.1 Å². The van der Waals surface area contributed by atoms with Crippen molar-refractivity contribution in [1.29, 1.82) is 0 Å². The molecular weight excluding hydrogens is 450 g/mol. The maximum absolute atomic E-state index is 13.4. The van der Waals surface area contributed by atoms with E-state index in [0.29, 0.717) is 6.42 Å². The number of thiophene rings is 1. The fraction of sp³-hybridized carbons (Fsp3) is 0.0741. The van der Waals surface area contributed by atoms with E-state index in [1.165, 1.54) is 0 Å². The van der Waals surface area contributed by atoms with Crippen LogP contribution < -0.4 is 4.72 Å². The monoisotopic (exact) mass is 471 g/mol. The second-order valence-electron chi connectivity index (χ2n) is 7.92. The molecule has 5 aromatic rings. The Morgan fingerprint density at radius 3 is 2.18 bits per heavy atom. The quantitative estimate of drug-likeness (QED) is 0.336.